The van der Waals surface area contributed by atoms with Crippen LogP contribution in [0, 0.1) is 5.92 Å². The molecular weight excluding hydrogens is 460 g/mol. The Morgan fingerprint density at radius 1 is 1.17 bits per heavy atom. The van der Waals surface area contributed by atoms with Gasteiger partial charge in [0.15, 0.2) is 0 Å². The molecule has 1 aromatic carbocycles. The highest BCUT2D eigenvalue weighted by Gasteiger charge is 2.31. The van der Waals surface area contributed by atoms with Gasteiger partial charge in [-0.05, 0) is 86.7 Å². The summed E-state index contributed by atoms with van der Waals surface area (Å²) >= 11 is 6.36. The van der Waals surface area contributed by atoms with E-state index in [1.807, 2.05) is 22.8 Å². The highest BCUT2D eigenvalue weighted by atomic mass is 35.5. The van der Waals surface area contributed by atoms with Crippen molar-refractivity contribution in [2.75, 3.05) is 13.7 Å². The highest BCUT2D eigenvalue weighted by molar-refractivity contribution is 6.30. The number of hydrogen-bond donors (Lipinski definition) is 0. The molecule has 35 heavy (non-hydrogen) atoms. The van der Waals surface area contributed by atoms with E-state index in [0.717, 1.165) is 30.3 Å². The lowest BCUT2D eigenvalue weighted by Crippen LogP contribution is -2.33. The summed E-state index contributed by atoms with van der Waals surface area (Å²) in [4.78, 5) is 27.1. The molecule has 192 valence electrons. The minimum atomic E-state index is -0.344. The summed E-state index contributed by atoms with van der Waals surface area (Å²) in [5.74, 6) is 1.07. The smallest absolute Gasteiger partial charge is 0.337 e. The monoisotopic (exact) mass is 500 g/mol. The normalized spacial score (nSPS) is 17.9. The largest absolute Gasteiger partial charge is 0.465 e. The number of benzene rings is 1. The van der Waals surface area contributed by atoms with E-state index in [9.17, 15) is 9.59 Å². The predicted octanol–water partition coefficient (Wildman–Crippen LogP) is 6.45. The van der Waals surface area contributed by atoms with E-state index in [-0.39, 0.29) is 11.5 Å². The average Bonchev–Trinajstić information content (AvgIpc) is 3.63. The van der Waals surface area contributed by atoms with Gasteiger partial charge in [-0.15, -0.1) is 0 Å². The molecular formula is C29H41ClN2O3. The van der Waals surface area contributed by atoms with Crippen molar-refractivity contribution in [1.82, 2.24) is 9.47 Å². The molecule has 5 nitrogen and oxygen atoms in total. The fourth-order valence-electron chi connectivity index (χ4n) is 4.44. The van der Waals surface area contributed by atoms with E-state index in [2.05, 4.69) is 32.6 Å². The molecule has 1 saturated carbocycles. The van der Waals surface area contributed by atoms with Crippen molar-refractivity contribution >= 4 is 17.6 Å². The molecule has 6 heteroatoms. The Morgan fingerprint density at radius 3 is 2.34 bits per heavy atom. The number of carbonyl (C=O) groups is 1. The van der Waals surface area contributed by atoms with Gasteiger partial charge in [-0.3, -0.25) is 9.69 Å². The Balaban J connectivity index is 0.000000623. The maximum absolute atomic E-state index is 13.0. The zero-order valence-corrected chi connectivity index (χ0v) is 22.7. The first-order valence-electron chi connectivity index (χ1n) is 13.1. The van der Waals surface area contributed by atoms with Crippen LogP contribution < -0.4 is 5.56 Å². The van der Waals surface area contributed by atoms with Gasteiger partial charge in [0.25, 0.3) is 5.56 Å². The third-order valence-corrected chi connectivity index (χ3v) is 7.54. The van der Waals surface area contributed by atoms with Gasteiger partial charge in [0.2, 0.25) is 0 Å². The number of aromatic nitrogens is 1. The van der Waals surface area contributed by atoms with Crippen molar-refractivity contribution < 1.29 is 9.53 Å². The summed E-state index contributed by atoms with van der Waals surface area (Å²) in [5.41, 5.74) is 3.88. The second-order valence-corrected chi connectivity index (χ2v) is 10.7. The van der Waals surface area contributed by atoms with Crippen molar-refractivity contribution in [3.63, 3.8) is 0 Å². The van der Waals surface area contributed by atoms with Crippen LogP contribution in [-0.2, 0) is 24.2 Å². The molecule has 0 amide bonds. The van der Waals surface area contributed by atoms with Crippen LogP contribution in [0.3, 0.4) is 0 Å². The number of likely N-dealkylation sites (tertiary alicyclic amines) is 1. The minimum Gasteiger partial charge on any atom is -0.465 e. The molecule has 1 atom stereocenters. The number of esters is 1. The van der Waals surface area contributed by atoms with E-state index in [4.69, 9.17) is 16.3 Å². The molecule has 4 rings (SSSR count). The molecule has 1 unspecified atom stereocenters. The molecule has 0 N–H and O–H groups in total. The number of ether oxygens (including phenoxy) is 1. The summed E-state index contributed by atoms with van der Waals surface area (Å²) in [5, 5.41) is 0.316. The van der Waals surface area contributed by atoms with E-state index >= 15 is 0 Å². The fraction of sp³-hybridized carbons (Fsp3) is 0.586. The number of methoxy groups -OCH3 is 1. The Kier molecular flexibility index (Phi) is 9.99. The lowest BCUT2D eigenvalue weighted by Gasteiger charge is -2.25. The van der Waals surface area contributed by atoms with Crippen LogP contribution >= 0.6 is 11.6 Å². The minimum absolute atomic E-state index is 0.103. The van der Waals surface area contributed by atoms with Gasteiger partial charge in [0.1, 0.15) is 5.02 Å². The maximum atomic E-state index is 13.0. The van der Waals surface area contributed by atoms with E-state index in [1.165, 1.54) is 44.8 Å². The zero-order valence-electron chi connectivity index (χ0n) is 22.0. The Morgan fingerprint density at radius 2 is 1.83 bits per heavy atom. The number of halogens is 1. The Bertz CT molecular complexity index is 1040. The van der Waals surface area contributed by atoms with Gasteiger partial charge in [-0.2, -0.15) is 0 Å². The first-order valence-corrected chi connectivity index (χ1v) is 13.5. The van der Waals surface area contributed by atoms with Gasteiger partial charge >= 0.3 is 5.97 Å². The van der Waals surface area contributed by atoms with Crippen molar-refractivity contribution in [1.29, 1.82) is 0 Å². The predicted molar refractivity (Wildman–Crippen MR) is 143 cm³/mol. The van der Waals surface area contributed by atoms with Crippen LogP contribution in [0.15, 0.2) is 35.1 Å². The van der Waals surface area contributed by atoms with Crippen LogP contribution in [0.1, 0.15) is 92.9 Å². The standard InChI is InChI=1S/C24H29ClN2O3.C5H12/c1-16-4-3-12-26(16)15-22-20(18-9-10-18)14-21(25)23(28)27(22)13-11-17-5-7-19(8-6-17)24(29)30-2;1-4-5(2)3/h5-8,14,16,18H,3-4,9-13,15H2,1-2H3;5H,4H2,1-3H3. The lowest BCUT2D eigenvalue weighted by molar-refractivity contribution is 0.0600. The zero-order chi connectivity index (χ0) is 25.5. The Hall–Kier alpha value is -2.11. The summed E-state index contributed by atoms with van der Waals surface area (Å²) in [6, 6.07) is 9.84. The first kappa shape index (κ1) is 27.5. The van der Waals surface area contributed by atoms with Crippen molar-refractivity contribution in [3.8, 4) is 0 Å². The van der Waals surface area contributed by atoms with Gasteiger partial charge in [0.05, 0.1) is 12.7 Å². The molecule has 2 fully saturated rings. The molecule has 2 aliphatic rings. The second kappa shape index (κ2) is 12.7. The maximum Gasteiger partial charge on any atom is 0.337 e. The SMILES string of the molecule is CCC(C)C.COC(=O)c1ccc(CCn2c(CN3CCCC3C)c(C3CC3)cc(Cl)c2=O)cc1. The van der Waals surface area contributed by atoms with Gasteiger partial charge in [-0.25, -0.2) is 4.79 Å². The van der Waals surface area contributed by atoms with Crippen molar-refractivity contribution in [2.45, 2.75) is 91.3 Å². The number of aryl methyl sites for hydroxylation is 1. The topological polar surface area (TPSA) is 51.5 Å². The molecule has 1 aliphatic heterocycles. The van der Waals surface area contributed by atoms with Crippen LogP contribution in [0.4, 0.5) is 0 Å². The van der Waals surface area contributed by atoms with Gasteiger partial charge in [-0.1, -0.05) is 50.9 Å². The second-order valence-electron chi connectivity index (χ2n) is 10.3. The molecule has 0 bridgehead atoms. The first-order chi connectivity index (χ1) is 16.7. The number of pyridine rings is 1. The van der Waals surface area contributed by atoms with Crippen LogP contribution in [0.25, 0.3) is 0 Å². The lowest BCUT2D eigenvalue weighted by atomic mass is 10.1. The quantitative estimate of drug-likeness (QED) is 0.391. The summed E-state index contributed by atoms with van der Waals surface area (Å²) in [6.07, 6.45) is 6.78. The Labute approximate surface area is 215 Å². The van der Waals surface area contributed by atoms with Crippen LogP contribution in [0.5, 0.6) is 0 Å². The number of nitrogens with zero attached hydrogens (tertiary/aromatic N) is 2. The van der Waals surface area contributed by atoms with Crippen molar-refractivity contribution in [3.05, 3.63) is 68.1 Å². The molecule has 2 aromatic rings. The molecule has 0 spiro atoms. The van der Waals surface area contributed by atoms with E-state index < -0.39 is 0 Å². The summed E-state index contributed by atoms with van der Waals surface area (Å²) in [7, 11) is 1.38. The third-order valence-electron chi connectivity index (χ3n) is 7.27. The van der Waals surface area contributed by atoms with Gasteiger partial charge in [0, 0.05) is 24.8 Å². The summed E-state index contributed by atoms with van der Waals surface area (Å²) in [6.45, 7) is 11.4. The molecule has 0 radical (unpaired) electrons. The van der Waals surface area contributed by atoms with Crippen LogP contribution in [0.2, 0.25) is 5.02 Å². The van der Waals surface area contributed by atoms with E-state index in [1.54, 1.807) is 12.1 Å². The average molecular weight is 501 g/mol. The third kappa shape index (κ3) is 7.44. The highest BCUT2D eigenvalue weighted by Crippen LogP contribution is 2.42. The van der Waals surface area contributed by atoms with E-state index in [0.29, 0.717) is 35.5 Å². The van der Waals surface area contributed by atoms with Crippen LogP contribution in [-0.4, -0.2) is 35.1 Å². The molecule has 1 saturated heterocycles. The van der Waals surface area contributed by atoms with Gasteiger partial charge < -0.3 is 9.30 Å². The van der Waals surface area contributed by atoms with Crippen molar-refractivity contribution in [2.24, 2.45) is 5.92 Å². The number of rotatable bonds is 8. The molecule has 1 aliphatic carbocycles. The molecule has 1 aromatic heterocycles. The summed E-state index contributed by atoms with van der Waals surface area (Å²) < 4.78 is 6.66. The number of carbonyl (C=O) groups excluding carboxylic acids is 1. The number of hydrogen-bond acceptors (Lipinski definition) is 4. The fourth-order valence-corrected chi connectivity index (χ4v) is 4.66. The molecule has 2 heterocycles.